The molecule has 0 aliphatic heterocycles. The van der Waals surface area contributed by atoms with Gasteiger partial charge in [-0.05, 0) is 6.42 Å². The average Bonchev–Trinajstić information content (AvgIpc) is 2.64. The Morgan fingerprint density at radius 1 is 0.731 bits per heavy atom. The molecular weight excluding hydrogens is 340 g/mol. The number of anilines is 3. The van der Waals surface area contributed by atoms with Gasteiger partial charge in [0.1, 0.15) is 26.9 Å². The van der Waals surface area contributed by atoms with Crippen LogP contribution in [0.2, 0.25) is 0 Å². The van der Waals surface area contributed by atoms with Crippen molar-refractivity contribution in [2.45, 2.75) is 19.8 Å². The fourth-order valence-corrected chi connectivity index (χ4v) is 2.06. The highest BCUT2D eigenvalue weighted by atomic mass is 16.5. The zero-order chi connectivity index (χ0) is 19.4. The van der Waals surface area contributed by atoms with Crippen molar-refractivity contribution in [3.05, 3.63) is 0 Å². The topological polar surface area (TPSA) is 85.3 Å². The van der Waals surface area contributed by atoms with Crippen molar-refractivity contribution >= 4 is 17.8 Å². The molecule has 0 unspecified atom stereocenters. The minimum atomic E-state index is 0.303. The lowest BCUT2D eigenvalue weighted by Gasteiger charge is -2.25. The van der Waals surface area contributed by atoms with Gasteiger partial charge in [-0.3, -0.25) is 4.90 Å². The summed E-state index contributed by atoms with van der Waals surface area (Å²) < 4.78 is 21.3. The Balaban J connectivity index is 3.09. The van der Waals surface area contributed by atoms with Crippen LogP contribution >= 0.6 is 0 Å². The largest absolute Gasteiger partial charge is 0.364 e. The van der Waals surface area contributed by atoms with Crippen LogP contribution in [-0.4, -0.2) is 83.9 Å². The molecule has 0 bridgehead atoms. The quantitative estimate of drug-likeness (QED) is 0.350. The minimum absolute atomic E-state index is 0.303. The fraction of sp³-hybridized carbons (Fsp3) is 0.812. The van der Waals surface area contributed by atoms with Gasteiger partial charge in [0.05, 0.1) is 0 Å². The summed E-state index contributed by atoms with van der Waals surface area (Å²) in [5.74, 6) is 1.45. The van der Waals surface area contributed by atoms with Crippen molar-refractivity contribution in [3.8, 4) is 0 Å². The SMILES string of the molecule is CCCCOCN(COC)c1nc(N(C)COC)nc(N(C)COC)n1. The van der Waals surface area contributed by atoms with E-state index in [1.54, 1.807) is 31.1 Å². The Bertz CT molecular complexity index is 477. The van der Waals surface area contributed by atoms with E-state index in [4.69, 9.17) is 18.9 Å². The molecule has 150 valence electrons. The molecule has 1 rings (SSSR count). The van der Waals surface area contributed by atoms with Gasteiger partial charge in [-0.2, -0.15) is 15.0 Å². The lowest BCUT2D eigenvalue weighted by Crippen LogP contribution is -2.33. The van der Waals surface area contributed by atoms with Crippen molar-refractivity contribution in [3.63, 3.8) is 0 Å². The average molecular weight is 372 g/mol. The molecule has 0 atom stereocenters. The summed E-state index contributed by atoms with van der Waals surface area (Å²) in [7, 11) is 8.56. The number of rotatable bonds is 14. The molecule has 0 N–H and O–H groups in total. The minimum Gasteiger partial charge on any atom is -0.364 e. The molecule has 0 fully saturated rings. The molecule has 0 saturated heterocycles. The summed E-state index contributed by atoms with van der Waals surface area (Å²) in [6.45, 7) is 4.14. The lowest BCUT2D eigenvalue weighted by atomic mass is 10.4. The van der Waals surface area contributed by atoms with Gasteiger partial charge >= 0.3 is 0 Å². The summed E-state index contributed by atoms with van der Waals surface area (Å²) in [5.41, 5.74) is 0. The monoisotopic (exact) mass is 372 g/mol. The molecule has 1 aromatic heterocycles. The molecule has 10 heteroatoms. The second-order valence-corrected chi connectivity index (χ2v) is 5.82. The van der Waals surface area contributed by atoms with Crippen LogP contribution in [-0.2, 0) is 18.9 Å². The normalized spacial score (nSPS) is 10.8. The summed E-state index contributed by atoms with van der Waals surface area (Å²) in [5, 5.41) is 0. The standard InChI is InChI=1S/C16H32N6O4/c1-7-8-9-26-13-22(12-25-6)16-18-14(20(2)10-23-4)17-15(19-16)21(3)11-24-5/h7-13H2,1-6H3. The Hall–Kier alpha value is -1.75. The number of ether oxygens (including phenoxy) is 4. The molecular formula is C16H32N6O4. The van der Waals surface area contributed by atoms with Gasteiger partial charge < -0.3 is 28.7 Å². The maximum atomic E-state index is 5.71. The second-order valence-electron chi connectivity index (χ2n) is 5.82. The Labute approximate surface area is 156 Å². The number of hydrogen-bond acceptors (Lipinski definition) is 10. The van der Waals surface area contributed by atoms with Crippen LogP contribution in [0.1, 0.15) is 19.8 Å². The van der Waals surface area contributed by atoms with E-state index in [9.17, 15) is 0 Å². The van der Waals surface area contributed by atoms with E-state index in [1.165, 1.54) is 0 Å². The molecule has 0 aliphatic rings. The fourth-order valence-electron chi connectivity index (χ4n) is 2.06. The van der Waals surface area contributed by atoms with Gasteiger partial charge in [-0.15, -0.1) is 0 Å². The predicted octanol–water partition coefficient (Wildman–Crippen LogP) is 1.14. The molecule has 0 aromatic carbocycles. The molecule has 0 amide bonds. The van der Waals surface area contributed by atoms with Gasteiger partial charge in [0.15, 0.2) is 0 Å². The highest BCUT2D eigenvalue weighted by molar-refractivity contribution is 5.45. The molecule has 0 saturated carbocycles. The van der Waals surface area contributed by atoms with Crippen LogP contribution in [0.15, 0.2) is 0 Å². The van der Waals surface area contributed by atoms with Crippen LogP contribution < -0.4 is 14.7 Å². The summed E-state index contributed by atoms with van der Waals surface area (Å²) in [6, 6.07) is 0. The van der Waals surface area contributed by atoms with Gasteiger partial charge in [-0.1, -0.05) is 13.3 Å². The molecule has 0 radical (unpaired) electrons. The van der Waals surface area contributed by atoms with Crippen molar-refractivity contribution in [2.75, 3.05) is 83.7 Å². The molecule has 1 aromatic rings. The smallest absolute Gasteiger partial charge is 0.235 e. The lowest BCUT2D eigenvalue weighted by molar-refractivity contribution is 0.101. The van der Waals surface area contributed by atoms with Crippen molar-refractivity contribution in [2.24, 2.45) is 0 Å². The zero-order valence-electron chi connectivity index (χ0n) is 16.8. The molecule has 26 heavy (non-hydrogen) atoms. The third-order valence-electron chi connectivity index (χ3n) is 3.39. The van der Waals surface area contributed by atoms with E-state index < -0.39 is 0 Å². The second kappa shape index (κ2) is 12.6. The van der Waals surface area contributed by atoms with Gasteiger partial charge in [0, 0.05) is 42.0 Å². The first-order chi connectivity index (χ1) is 12.6. The molecule has 1 heterocycles. The van der Waals surface area contributed by atoms with E-state index in [2.05, 4.69) is 21.9 Å². The van der Waals surface area contributed by atoms with Crippen molar-refractivity contribution < 1.29 is 18.9 Å². The van der Waals surface area contributed by atoms with Crippen LogP contribution in [0.4, 0.5) is 17.8 Å². The Morgan fingerprint density at radius 3 is 1.69 bits per heavy atom. The van der Waals surface area contributed by atoms with E-state index in [0.29, 0.717) is 51.4 Å². The highest BCUT2D eigenvalue weighted by Crippen LogP contribution is 2.18. The first kappa shape index (κ1) is 22.3. The summed E-state index contributed by atoms with van der Waals surface area (Å²) in [4.78, 5) is 18.9. The summed E-state index contributed by atoms with van der Waals surface area (Å²) in [6.07, 6.45) is 2.08. The van der Waals surface area contributed by atoms with Crippen LogP contribution in [0, 0.1) is 0 Å². The van der Waals surface area contributed by atoms with E-state index in [-0.39, 0.29) is 0 Å². The first-order valence-corrected chi connectivity index (χ1v) is 8.55. The van der Waals surface area contributed by atoms with Crippen LogP contribution in [0.5, 0.6) is 0 Å². The van der Waals surface area contributed by atoms with Gasteiger partial charge in [0.25, 0.3) is 0 Å². The first-order valence-electron chi connectivity index (χ1n) is 8.55. The van der Waals surface area contributed by atoms with Crippen molar-refractivity contribution in [1.82, 2.24) is 15.0 Å². The number of aromatic nitrogens is 3. The molecule has 0 spiro atoms. The summed E-state index contributed by atoms with van der Waals surface area (Å²) >= 11 is 0. The number of nitrogens with zero attached hydrogens (tertiary/aromatic N) is 6. The van der Waals surface area contributed by atoms with E-state index in [0.717, 1.165) is 12.8 Å². The molecule has 10 nitrogen and oxygen atoms in total. The molecule has 0 aliphatic carbocycles. The predicted molar refractivity (Wildman–Crippen MR) is 100 cm³/mol. The number of hydrogen-bond donors (Lipinski definition) is 0. The van der Waals surface area contributed by atoms with Crippen molar-refractivity contribution in [1.29, 1.82) is 0 Å². The van der Waals surface area contributed by atoms with Gasteiger partial charge in [0.2, 0.25) is 17.8 Å². The third-order valence-corrected chi connectivity index (χ3v) is 3.39. The maximum absolute atomic E-state index is 5.71. The number of unbranched alkanes of at least 4 members (excludes halogenated alkanes) is 1. The Morgan fingerprint density at radius 2 is 1.23 bits per heavy atom. The van der Waals surface area contributed by atoms with Crippen LogP contribution in [0.25, 0.3) is 0 Å². The Kier molecular flexibility index (Phi) is 10.8. The number of methoxy groups -OCH3 is 3. The highest BCUT2D eigenvalue weighted by Gasteiger charge is 2.17. The van der Waals surface area contributed by atoms with Gasteiger partial charge in [-0.25, -0.2) is 0 Å². The third kappa shape index (κ3) is 7.24. The van der Waals surface area contributed by atoms with E-state index in [1.807, 2.05) is 19.0 Å². The maximum Gasteiger partial charge on any atom is 0.235 e. The van der Waals surface area contributed by atoms with E-state index >= 15 is 0 Å². The van der Waals surface area contributed by atoms with Crippen LogP contribution in [0.3, 0.4) is 0 Å². The zero-order valence-corrected chi connectivity index (χ0v) is 16.8.